The molecule has 1 aliphatic heterocycles. The Hall–Kier alpha value is -0.900. The van der Waals surface area contributed by atoms with Crippen molar-refractivity contribution >= 4 is 0 Å². The van der Waals surface area contributed by atoms with Gasteiger partial charge in [-0.05, 0) is 38.8 Å². The molecule has 3 unspecified atom stereocenters. The van der Waals surface area contributed by atoms with E-state index in [9.17, 15) is 0 Å². The van der Waals surface area contributed by atoms with Crippen LogP contribution < -0.4 is 5.73 Å². The van der Waals surface area contributed by atoms with Gasteiger partial charge in [-0.1, -0.05) is 23.8 Å². The molecule has 0 amide bonds. The van der Waals surface area contributed by atoms with Crippen LogP contribution >= 0.6 is 0 Å². The summed E-state index contributed by atoms with van der Waals surface area (Å²) in [4.78, 5) is 2.48. The van der Waals surface area contributed by atoms with Gasteiger partial charge >= 0.3 is 0 Å². The summed E-state index contributed by atoms with van der Waals surface area (Å²) < 4.78 is 5.74. The summed E-state index contributed by atoms with van der Waals surface area (Å²) in [5.41, 5.74) is 10.1. The lowest BCUT2D eigenvalue weighted by Gasteiger charge is -2.38. The standard InChI is InChI=1S/C16H26N2O/c1-11-5-6-15(12(2)9-11)14(4)18-7-8-19-16(10-18)13(3)17/h5-6,9,13-14,16H,7-8,10,17H2,1-4H3. The highest BCUT2D eigenvalue weighted by Gasteiger charge is 2.27. The SMILES string of the molecule is Cc1ccc(C(C)N2CCOC(C(C)N)C2)c(C)c1. The largest absolute Gasteiger partial charge is 0.374 e. The molecule has 0 aromatic heterocycles. The summed E-state index contributed by atoms with van der Waals surface area (Å²) in [5, 5.41) is 0. The molecule has 1 fully saturated rings. The Morgan fingerprint density at radius 3 is 2.68 bits per heavy atom. The van der Waals surface area contributed by atoms with Gasteiger partial charge in [0, 0.05) is 25.2 Å². The monoisotopic (exact) mass is 262 g/mol. The number of ether oxygens (including phenoxy) is 1. The van der Waals surface area contributed by atoms with Gasteiger partial charge in [0.2, 0.25) is 0 Å². The quantitative estimate of drug-likeness (QED) is 0.909. The van der Waals surface area contributed by atoms with E-state index in [2.05, 4.69) is 43.9 Å². The molecule has 1 saturated heterocycles. The molecule has 2 N–H and O–H groups in total. The maximum absolute atomic E-state index is 5.97. The lowest BCUT2D eigenvalue weighted by molar-refractivity contribution is -0.0499. The average Bonchev–Trinajstić information content (AvgIpc) is 2.38. The Labute approximate surface area is 116 Å². The van der Waals surface area contributed by atoms with Crippen molar-refractivity contribution in [2.45, 2.75) is 45.9 Å². The topological polar surface area (TPSA) is 38.5 Å². The maximum atomic E-state index is 5.97. The van der Waals surface area contributed by atoms with Crippen LogP contribution in [0.3, 0.4) is 0 Å². The van der Waals surface area contributed by atoms with Gasteiger partial charge in [0.05, 0.1) is 12.7 Å². The summed E-state index contributed by atoms with van der Waals surface area (Å²) in [6, 6.07) is 7.23. The van der Waals surface area contributed by atoms with E-state index in [1.54, 1.807) is 0 Å². The first kappa shape index (κ1) is 14.5. The van der Waals surface area contributed by atoms with Crippen molar-refractivity contribution in [3.63, 3.8) is 0 Å². The predicted molar refractivity (Wildman–Crippen MR) is 79.3 cm³/mol. The Kier molecular flexibility index (Phi) is 4.61. The fraction of sp³-hybridized carbons (Fsp3) is 0.625. The van der Waals surface area contributed by atoms with Gasteiger partial charge in [-0.3, -0.25) is 4.90 Å². The molecule has 0 saturated carbocycles. The van der Waals surface area contributed by atoms with Crippen LogP contribution in [0.2, 0.25) is 0 Å². The molecule has 0 aliphatic carbocycles. The average molecular weight is 262 g/mol. The minimum Gasteiger partial charge on any atom is -0.374 e. The summed E-state index contributed by atoms with van der Waals surface area (Å²) in [5.74, 6) is 0. The van der Waals surface area contributed by atoms with Gasteiger partial charge in [-0.25, -0.2) is 0 Å². The second-order valence-electron chi connectivity index (χ2n) is 5.80. The summed E-state index contributed by atoms with van der Waals surface area (Å²) >= 11 is 0. The van der Waals surface area contributed by atoms with Gasteiger partial charge in [0.1, 0.15) is 0 Å². The Morgan fingerprint density at radius 1 is 1.32 bits per heavy atom. The van der Waals surface area contributed by atoms with Crippen LogP contribution in [0.25, 0.3) is 0 Å². The fourth-order valence-electron chi connectivity index (χ4n) is 2.86. The van der Waals surface area contributed by atoms with E-state index in [1.165, 1.54) is 16.7 Å². The molecule has 3 nitrogen and oxygen atoms in total. The van der Waals surface area contributed by atoms with E-state index in [1.807, 2.05) is 6.92 Å². The summed E-state index contributed by atoms with van der Waals surface area (Å²) in [6.07, 6.45) is 0.155. The molecule has 0 radical (unpaired) electrons. The number of hydrogen-bond acceptors (Lipinski definition) is 3. The molecule has 1 heterocycles. The predicted octanol–water partition coefficient (Wildman–Crippen LogP) is 2.41. The van der Waals surface area contributed by atoms with Crippen molar-refractivity contribution in [2.75, 3.05) is 19.7 Å². The van der Waals surface area contributed by atoms with E-state index in [-0.39, 0.29) is 12.1 Å². The van der Waals surface area contributed by atoms with Crippen LogP contribution in [-0.4, -0.2) is 36.7 Å². The number of hydrogen-bond donors (Lipinski definition) is 1. The van der Waals surface area contributed by atoms with Crippen LogP contribution in [0.1, 0.15) is 36.6 Å². The summed E-state index contributed by atoms with van der Waals surface area (Å²) in [6.45, 7) is 11.3. The molecule has 1 aliphatic rings. The first-order valence-electron chi connectivity index (χ1n) is 7.17. The van der Waals surface area contributed by atoms with Crippen molar-refractivity contribution in [1.29, 1.82) is 0 Å². The molecule has 0 spiro atoms. The van der Waals surface area contributed by atoms with E-state index >= 15 is 0 Å². The Balaban J connectivity index is 2.12. The zero-order chi connectivity index (χ0) is 14.0. The Morgan fingerprint density at radius 2 is 2.05 bits per heavy atom. The number of nitrogens with zero attached hydrogens (tertiary/aromatic N) is 1. The molecule has 106 valence electrons. The number of rotatable bonds is 3. The van der Waals surface area contributed by atoms with E-state index in [4.69, 9.17) is 10.5 Å². The van der Waals surface area contributed by atoms with Gasteiger partial charge in [-0.15, -0.1) is 0 Å². The highest BCUT2D eigenvalue weighted by Crippen LogP contribution is 2.26. The highest BCUT2D eigenvalue weighted by molar-refractivity contribution is 5.32. The van der Waals surface area contributed by atoms with Gasteiger partial charge in [-0.2, -0.15) is 0 Å². The zero-order valence-corrected chi connectivity index (χ0v) is 12.5. The Bertz CT molecular complexity index is 431. The third-order valence-electron chi connectivity index (χ3n) is 4.13. The first-order chi connectivity index (χ1) is 8.99. The highest BCUT2D eigenvalue weighted by atomic mass is 16.5. The van der Waals surface area contributed by atoms with Gasteiger partial charge in [0.15, 0.2) is 0 Å². The summed E-state index contributed by atoms with van der Waals surface area (Å²) in [7, 11) is 0. The fourth-order valence-corrected chi connectivity index (χ4v) is 2.86. The van der Waals surface area contributed by atoms with E-state index < -0.39 is 0 Å². The molecular formula is C16H26N2O. The first-order valence-corrected chi connectivity index (χ1v) is 7.17. The van der Waals surface area contributed by atoms with E-state index in [0.717, 1.165) is 19.7 Å². The zero-order valence-electron chi connectivity index (χ0n) is 12.5. The molecule has 3 heteroatoms. The minimum absolute atomic E-state index is 0.0918. The normalized spacial score (nSPS) is 24.2. The third kappa shape index (κ3) is 3.35. The van der Waals surface area contributed by atoms with Crippen LogP contribution in [-0.2, 0) is 4.74 Å². The minimum atomic E-state index is 0.0918. The molecule has 2 rings (SSSR count). The number of morpholine rings is 1. The van der Waals surface area contributed by atoms with Crippen LogP contribution in [0.15, 0.2) is 18.2 Å². The van der Waals surface area contributed by atoms with Gasteiger partial charge < -0.3 is 10.5 Å². The van der Waals surface area contributed by atoms with Crippen molar-refractivity contribution in [3.8, 4) is 0 Å². The van der Waals surface area contributed by atoms with Crippen LogP contribution in [0.4, 0.5) is 0 Å². The molecule has 19 heavy (non-hydrogen) atoms. The number of nitrogens with two attached hydrogens (primary N) is 1. The molecule has 1 aromatic carbocycles. The molecule has 3 atom stereocenters. The van der Waals surface area contributed by atoms with Crippen molar-refractivity contribution < 1.29 is 4.74 Å². The maximum Gasteiger partial charge on any atom is 0.0850 e. The van der Waals surface area contributed by atoms with Crippen molar-refractivity contribution in [3.05, 3.63) is 34.9 Å². The number of aryl methyl sites for hydroxylation is 2. The smallest absolute Gasteiger partial charge is 0.0850 e. The van der Waals surface area contributed by atoms with Crippen LogP contribution in [0.5, 0.6) is 0 Å². The van der Waals surface area contributed by atoms with Crippen molar-refractivity contribution in [2.24, 2.45) is 5.73 Å². The van der Waals surface area contributed by atoms with Crippen molar-refractivity contribution in [1.82, 2.24) is 4.90 Å². The van der Waals surface area contributed by atoms with Gasteiger partial charge in [0.25, 0.3) is 0 Å². The molecule has 0 bridgehead atoms. The lowest BCUT2D eigenvalue weighted by Crippen LogP contribution is -2.50. The van der Waals surface area contributed by atoms with Crippen LogP contribution in [0, 0.1) is 13.8 Å². The second kappa shape index (κ2) is 6.04. The van der Waals surface area contributed by atoms with E-state index in [0.29, 0.717) is 6.04 Å². The molecule has 1 aromatic rings. The second-order valence-corrected chi connectivity index (χ2v) is 5.80. The lowest BCUT2D eigenvalue weighted by atomic mass is 9.98. The molecular weight excluding hydrogens is 236 g/mol. The number of benzene rings is 1. The third-order valence-corrected chi connectivity index (χ3v) is 4.13.